The molecule has 0 spiro atoms. The Morgan fingerprint density at radius 1 is 1.03 bits per heavy atom. The number of hydrogen-bond acceptors (Lipinski definition) is 6. The van der Waals surface area contributed by atoms with Gasteiger partial charge in [0.15, 0.2) is 19.8 Å². The zero-order chi connectivity index (χ0) is 26.0. The second kappa shape index (κ2) is 10.5. The summed E-state index contributed by atoms with van der Waals surface area (Å²) in [4.78, 5) is 15.7. The Bertz CT molecular complexity index is 1030. The van der Waals surface area contributed by atoms with Gasteiger partial charge in [0.25, 0.3) is 5.91 Å². The monoisotopic (exact) mass is 500 g/mol. The van der Waals surface area contributed by atoms with Crippen LogP contribution in [0.25, 0.3) is 0 Å². The summed E-state index contributed by atoms with van der Waals surface area (Å²) in [5, 5.41) is 0.0869. The summed E-state index contributed by atoms with van der Waals surface area (Å²) in [5.41, 5.74) is 8.25. The van der Waals surface area contributed by atoms with Crippen LogP contribution < -0.4 is 19.9 Å². The van der Waals surface area contributed by atoms with Gasteiger partial charge < -0.3 is 29.3 Å². The number of amides is 1. The average molecular weight is 501 g/mol. The van der Waals surface area contributed by atoms with E-state index in [9.17, 15) is 4.79 Å². The van der Waals surface area contributed by atoms with Crippen LogP contribution in [0, 0.1) is 0 Å². The van der Waals surface area contributed by atoms with Crippen LogP contribution in [0.2, 0.25) is 18.1 Å². The smallest absolute Gasteiger partial charge is 0.256 e. The van der Waals surface area contributed by atoms with Gasteiger partial charge in [-0.2, -0.15) is 0 Å². The average Bonchev–Trinajstić information content (AvgIpc) is 3.25. The quantitative estimate of drug-likeness (QED) is 0.390. The first-order valence-electron chi connectivity index (χ1n) is 12.0. The zero-order valence-corrected chi connectivity index (χ0v) is 23.3. The summed E-state index contributed by atoms with van der Waals surface area (Å²) < 4.78 is 22.7. The van der Waals surface area contributed by atoms with E-state index in [0.29, 0.717) is 35.9 Å². The number of methoxy groups -OCH3 is 3. The summed E-state index contributed by atoms with van der Waals surface area (Å²) >= 11 is 0. The number of hydrogen-bond donors (Lipinski definition) is 1. The van der Waals surface area contributed by atoms with Gasteiger partial charge in [0, 0.05) is 24.2 Å². The number of nitrogens with zero attached hydrogens (tertiary/aromatic N) is 1. The minimum absolute atomic E-state index is 0.0591. The van der Waals surface area contributed by atoms with Gasteiger partial charge in [-0.05, 0) is 48.3 Å². The first-order chi connectivity index (χ1) is 16.4. The Hall–Kier alpha value is -2.71. The lowest BCUT2D eigenvalue weighted by Gasteiger charge is -2.38. The Morgan fingerprint density at radius 3 is 2.17 bits per heavy atom. The van der Waals surface area contributed by atoms with Crippen molar-refractivity contribution in [3.8, 4) is 17.2 Å². The highest BCUT2D eigenvalue weighted by molar-refractivity contribution is 6.74. The summed E-state index contributed by atoms with van der Waals surface area (Å²) in [6.45, 7) is 12.2. The van der Waals surface area contributed by atoms with Crippen molar-refractivity contribution in [2.75, 3.05) is 40.2 Å². The fourth-order valence-corrected chi connectivity index (χ4v) is 5.24. The molecule has 3 rings (SSSR count). The van der Waals surface area contributed by atoms with Gasteiger partial charge in [-0.1, -0.05) is 32.9 Å². The maximum Gasteiger partial charge on any atom is 0.256 e. The molecule has 2 aromatic carbocycles. The maximum absolute atomic E-state index is 13.8. The Balaban J connectivity index is 1.92. The Kier molecular flexibility index (Phi) is 8.06. The third-order valence-electron chi connectivity index (χ3n) is 7.49. The molecule has 0 aliphatic carbocycles. The van der Waals surface area contributed by atoms with Crippen molar-refractivity contribution < 1.29 is 23.4 Å². The van der Waals surface area contributed by atoms with E-state index in [1.807, 2.05) is 17.0 Å². The SMILES string of the molecule is COc1ccc([C@H]2C[C@@H](CO[Si](C)(C)C(C)(C)C)N(C(=O)c3cc(OC)c(OC)cc3N)C2)cc1. The van der Waals surface area contributed by atoms with Crippen LogP contribution in [0.1, 0.15) is 49.0 Å². The molecule has 1 heterocycles. The minimum Gasteiger partial charge on any atom is -0.497 e. The lowest BCUT2D eigenvalue weighted by molar-refractivity contribution is 0.0683. The molecule has 7 nitrogen and oxygen atoms in total. The van der Waals surface area contributed by atoms with Gasteiger partial charge in [0.05, 0.1) is 39.5 Å². The van der Waals surface area contributed by atoms with Crippen LogP contribution >= 0.6 is 0 Å². The molecule has 1 amide bonds. The largest absolute Gasteiger partial charge is 0.497 e. The summed E-state index contributed by atoms with van der Waals surface area (Å²) in [6.07, 6.45) is 0.819. The Labute approximate surface area is 210 Å². The molecular formula is C27H40N2O5Si. The van der Waals surface area contributed by atoms with E-state index in [1.54, 1.807) is 33.5 Å². The topological polar surface area (TPSA) is 83.2 Å². The molecule has 2 atom stereocenters. The number of anilines is 1. The molecule has 0 radical (unpaired) electrons. The highest BCUT2D eigenvalue weighted by atomic mass is 28.4. The van der Waals surface area contributed by atoms with Crippen molar-refractivity contribution in [3.63, 3.8) is 0 Å². The van der Waals surface area contributed by atoms with E-state index >= 15 is 0 Å². The van der Waals surface area contributed by atoms with Gasteiger partial charge in [-0.15, -0.1) is 0 Å². The number of benzene rings is 2. The van der Waals surface area contributed by atoms with Crippen molar-refractivity contribution in [2.24, 2.45) is 0 Å². The van der Waals surface area contributed by atoms with Crippen molar-refractivity contribution in [1.82, 2.24) is 4.90 Å². The predicted molar refractivity (Wildman–Crippen MR) is 142 cm³/mol. The van der Waals surface area contributed by atoms with Gasteiger partial charge in [0.1, 0.15) is 5.75 Å². The standard InChI is InChI=1S/C27H40N2O5Si/c1-27(2,3)35(7,8)34-17-20-13-19(18-9-11-21(31-4)12-10-18)16-29(20)26(30)22-14-24(32-5)25(33-6)15-23(22)28/h9-12,14-15,19-20H,13,16-17,28H2,1-8H3/t19-,20-/m0/s1. The number of carbonyl (C=O) groups excluding carboxylic acids is 1. The van der Waals surface area contributed by atoms with E-state index < -0.39 is 8.32 Å². The molecule has 2 N–H and O–H groups in total. The third-order valence-corrected chi connectivity index (χ3v) is 12.0. The van der Waals surface area contributed by atoms with Crippen LogP contribution in [-0.4, -0.2) is 59.6 Å². The fraction of sp³-hybridized carbons (Fsp3) is 0.519. The number of nitrogen functional groups attached to an aromatic ring is 1. The van der Waals surface area contributed by atoms with E-state index in [0.717, 1.165) is 12.2 Å². The van der Waals surface area contributed by atoms with E-state index in [2.05, 4.69) is 46.0 Å². The second-order valence-electron chi connectivity index (χ2n) is 10.7. The van der Waals surface area contributed by atoms with Crippen LogP contribution in [0.15, 0.2) is 36.4 Å². The van der Waals surface area contributed by atoms with Gasteiger partial charge in [-0.25, -0.2) is 0 Å². The number of ether oxygens (including phenoxy) is 3. The first-order valence-corrected chi connectivity index (χ1v) is 14.9. The lowest BCUT2D eigenvalue weighted by Crippen LogP contribution is -2.46. The molecule has 1 aliphatic heterocycles. The van der Waals surface area contributed by atoms with Gasteiger partial charge in [0.2, 0.25) is 0 Å². The molecule has 0 bridgehead atoms. The third kappa shape index (κ3) is 5.75. The Morgan fingerprint density at radius 2 is 1.63 bits per heavy atom. The molecule has 1 saturated heterocycles. The highest BCUT2D eigenvalue weighted by Crippen LogP contribution is 2.40. The molecule has 192 valence electrons. The fourth-order valence-electron chi connectivity index (χ4n) is 4.20. The van der Waals surface area contributed by atoms with E-state index in [-0.39, 0.29) is 22.9 Å². The number of rotatable bonds is 8. The molecule has 0 unspecified atom stereocenters. The highest BCUT2D eigenvalue weighted by Gasteiger charge is 2.41. The number of likely N-dealkylation sites (tertiary alicyclic amines) is 1. The van der Waals surface area contributed by atoms with Crippen molar-refractivity contribution in [3.05, 3.63) is 47.5 Å². The summed E-state index contributed by atoms with van der Waals surface area (Å²) in [7, 11) is 2.77. The molecule has 35 heavy (non-hydrogen) atoms. The van der Waals surface area contributed by atoms with Gasteiger partial charge in [-0.3, -0.25) is 4.79 Å². The van der Waals surface area contributed by atoms with Crippen LogP contribution in [0.5, 0.6) is 17.2 Å². The molecular weight excluding hydrogens is 460 g/mol. The van der Waals surface area contributed by atoms with Crippen molar-refractivity contribution in [1.29, 1.82) is 0 Å². The number of carbonyl (C=O) groups is 1. The summed E-state index contributed by atoms with van der Waals surface area (Å²) in [6, 6.07) is 11.3. The van der Waals surface area contributed by atoms with Crippen LogP contribution in [-0.2, 0) is 4.43 Å². The molecule has 0 saturated carbocycles. The zero-order valence-electron chi connectivity index (χ0n) is 22.3. The molecule has 0 aromatic heterocycles. The van der Waals surface area contributed by atoms with Crippen molar-refractivity contribution >= 4 is 19.9 Å². The first kappa shape index (κ1) is 26.9. The van der Waals surface area contributed by atoms with E-state index in [4.69, 9.17) is 24.4 Å². The molecule has 8 heteroatoms. The maximum atomic E-state index is 13.8. The lowest BCUT2D eigenvalue weighted by atomic mass is 9.96. The number of nitrogens with two attached hydrogens (primary N) is 1. The minimum atomic E-state index is -1.98. The van der Waals surface area contributed by atoms with Gasteiger partial charge >= 0.3 is 0 Å². The molecule has 1 aliphatic rings. The van der Waals surface area contributed by atoms with E-state index in [1.165, 1.54) is 5.56 Å². The van der Waals surface area contributed by atoms with Crippen LogP contribution in [0.3, 0.4) is 0 Å². The second-order valence-corrected chi connectivity index (χ2v) is 15.5. The summed E-state index contributed by atoms with van der Waals surface area (Å²) in [5.74, 6) is 1.86. The molecule has 2 aromatic rings. The van der Waals surface area contributed by atoms with Crippen molar-refractivity contribution in [2.45, 2.75) is 57.3 Å². The van der Waals surface area contributed by atoms with Crippen LogP contribution in [0.4, 0.5) is 5.69 Å². The predicted octanol–water partition coefficient (Wildman–Crippen LogP) is 5.31. The normalized spacial score (nSPS) is 18.5. The molecule has 1 fully saturated rings.